The van der Waals surface area contributed by atoms with E-state index in [-0.39, 0.29) is 23.8 Å². The quantitative estimate of drug-likeness (QED) is 0.858. The molecule has 4 rings (SSSR count). The number of nitrogens with one attached hydrogen (secondary N) is 2. The topological polar surface area (TPSA) is 91.0 Å². The van der Waals surface area contributed by atoms with E-state index in [9.17, 15) is 9.59 Å². The molecular weight excluding hydrogens is 338 g/mol. The lowest BCUT2D eigenvalue weighted by molar-refractivity contribution is -0.116. The van der Waals surface area contributed by atoms with Crippen LogP contribution in [0.5, 0.6) is 0 Å². The summed E-state index contributed by atoms with van der Waals surface area (Å²) in [5.74, 6) is 1.26. The SMILES string of the molecule is Cc1ncsc1[C@@H]1CC(=O)Nc2nc(N3CCC(C)CC3)[nH]c(=O)c21. The Hall–Kier alpha value is -2.22. The van der Waals surface area contributed by atoms with E-state index in [1.54, 1.807) is 5.51 Å². The second kappa shape index (κ2) is 6.25. The number of fused-ring (bicyclic) bond motifs is 1. The summed E-state index contributed by atoms with van der Waals surface area (Å²) in [5.41, 5.74) is 2.99. The molecule has 0 aliphatic carbocycles. The molecule has 0 aromatic carbocycles. The zero-order valence-corrected chi connectivity index (χ0v) is 15.2. The van der Waals surface area contributed by atoms with Crippen molar-refractivity contribution in [2.45, 2.75) is 39.0 Å². The monoisotopic (exact) mass is 359 g/mol. The summed E-state index contributed by atoms with van der Waals surface area (Å²) in [4.78, 5) is 39.9. The first kappa shape index (κ1) is 16.3. The molecule has 8 heteroatoms. The molecule has 0 spiro atoms. The summed E-state index contributed by atoms with van der Waals surface area (Å²) in [6.07, 6.45) is 2.41. The standard InChI is InChI=1S/C17H21N5O2S/c1-9-3-5-22(6-4-9)17-20-15-13(16(24)21-17)11(7-12(23)19-15)14-10(2)18-8-25-14/h8-9,11H,3-7H2,1-2H3,(H2,19,20,21,23,24)/t11-/m1/s1. The summed E-state index contributed by atoms with van der Waals surface area (Å²) >= 11 is 1.48. The van der Waals surface area contributed by atoms with Crippen LogP contribution in [0, 0.1) is 12.8 Å². The molecule has 0 unspecified atom stereocenters. The Labute approximate surface area is 149 Å². The van der Waals surface area contributed by atoms with E-state index in [1.807, 2.05) is 6.92 Å². The molecule has 7 nitrogen and oxygen atoms in total. The number of carbonyl (C=O) groups excluding carboxylic acids is 1. The van der Waals surface area contributed by atoms with Crippen LogP contribution < -0.4 is 15.8 Å². The Morgan fingerprint density at radius 3 is 2.72 bits per heavy atom. The van der Waals surface area contributed by atoms with Crippen LogP contribution in [0.15, 0.2) is 10.3 Å². The van der Waals surface area contributed by atoms with Crippen molar-refractivity contribution < 1.29 is 4.79 Å². The maximum atomic E-state index is 12.8. The van der Waals surface area contributed by atoms with E-state index < -0.39 is 0 Å². The molecule has 1 amide bonds. The molecule has 2 aromatic rings. The number of aryl methyl sites for hydroxylation is 1. The van der Waals surface area contributed by atoms with Crippen LogP contribution in [0.25, 0.3) is 0 Å². The molecule has 1 atom stereocenters. The number of aromatic nitrogens is 3. The van der Waals surface area contributed by atoms with Gasteiger partial charge in [-0.15, -0.1) is 11.3 Å². The zero-order valence-electron chi connectivity index (χ0n) is 14.3. The predicted octanol–water partition coefficient (Wildman–Crippen LogP) is 2.25. The Balaban J connectivity index is 1.75. The molecule has 0 saturated carbocycles. The van der Waals surface area contributed by atoms with Gasteiger partial charge in [0.05, 0.1) is 16.8 Å². The fourth-order valence-electron chi connectivity index (χ4n) is 3.60. The smallest absolute Gasteiger partial charge is 0.258 e. The van der Waals surface area contributed by atoms with Crippen molar-refractivity contribution in [2.24, 2.45) is 5.92 Å². The number of amides is 1. The third kappa shape index (κ3) is 2.95. The van der Waals surface area contributed by atoms with Crippen molar-refractivity contribution in [2.75, 3.05) is 23.3 Å². The van der Waals surface area contributed by atoms with Crippen molar-refractivity contribution in [3.63, 3.8) is 0 Å². The second-order valence-corrected chi connectivity index (χ2v) is 7.81. The number of rotatable bonds is 2. The normalized spacial score (nSPS) is 21.1. The van der Waals surface area contributed by atoms with Gasteiger partial charge in [0.15, 0.2) is 0 Å². The number of piperidine rings is 1. The summed E-state index contributed by atoms with van der Waals surface area (Å²) in [6.45, 7) is 5.88. The van der Waals surface area contributed by atoms with Crippen molar-refractivity contribution in [3.8, 4) is 0 Å². The van der Waals surface area contributed by atoms with Crippen molar-refractivity contribution in [3.05, 3.63) is 32.0 Å². The fraction of sp³-hybridized carbons (Fsp3) is 0.529. The average molecular weight is 359 g/mol. The third-order valence-corrected chi connectivity index (χ3v) is 6.17. The number of hydrogen-bond donors (Lipinski definition) is 2. The van der Waals surface area contributed by atoms with Gasteiger partial charge >= 0.3 is 0 Å². The van der Waals surface area contributed by atoms with E-state index in [4.69, 9.17) is 0 Å². The highest BCUT2D eigenvalue weighted by atomic mass is 32.1. The van der Waals surface area contributed by atoms with E-state index in [1.165, 1.54) is 11.3 Å². The van der Waals surface area contributed by atoms with E-state index in [0.29, 0.717) is 23.2 Å². The number of carbonyl (C=O) groups is 1. The first-order chi connectivity index (χ1) is 12.0. The van der Waals surface area contributed by atoms with Crippen LogP contribution >= 0.6 is 11.3 Å². The van der Waals surface area contributed by atoms with Crippen molar-refractivity contribution in [1.82, 2.24) is 15.0 Å². The molecule has 2 aromatic heterocycles. The summed E-state index contributed by atoms with van der Waals surface area (Å²) < 4.78 is 0. The first-order valence-electron chi connectivity index (χ1n) is 8.62. The van der Waals surface area contributed by atoms with Gasteiger partial charge in [0.1, 0.15) is 5.82 Å². The minimum absolute atomic E-state index is 0.110. The molecule has 25 heavy (non-hydrogen) atoms. The fourth-order valence-corrected chi connectivity index (χ4v) is 4.51. The van der Waals surface area contributed by atoms with Gasteiger partial charge in [0.25, 0.3) is 5.56 Å². The highest BCUT2D eigenvalue weighted by Crippen LogP contribution is 2.37. The third-order valence-electron chi connectivity index (χ3n) is 5.12. The van der Waals surface area contributed by atoms with E-state index in [0.717, 1.165) is 36.5 Å². The second-order valence-electron chi connectivity index (χ2n) is 6.93. The van der Waals surface area contributed by atoms with Gasteiger partial charge in [-0.25, -0.2) is 4.98 Å². The number of thiazole rings is 1. The Morgan fingerprint density at radius 2 is 2.04 bits per heavy atom. The van der Waals surface area contributed by atoms with Gasteiger partial charge in [-0.3, -0.25) is 14.6 Å². The molecule has 4 heterocycles. The Morgan fingerprint density at radius 1 is 1.28 bits per heavy atom. The van der Waals surface area contributed by atoms with Gasteiger partial charge in [-0.1, -0.05) is 6.92 Å². The Kier molecular flexibility index (Phi) is 4.07. The highest BCUT2D eigenvalue weighted by Gasteiger charge is 2.33. The number of hydrogen-bond acceptors (Lipinski definition) is 6. The maximum absolute atomic E-state index is 12.8. The highest BCUT2D eigenvalue weighted by molar-refractivity contribution is 7.09. The molecule has 2 aliphatic heterocycles. The maximum Gasteiger partial charge on any atom is 0.258 e. The minimum Gasteiger partial charge on any atom is -0.342 e. The van der Waals surface area contributed by atoms with Crippen molar-refractivity contribution in [1.29, 1.82) is 0 Å². The molecule has 0 bridgehead atoms. The minimum atomic E-state index is -0.275. The summed E-state index contributed by atoms with van der Waals surface area (Å²) in [7, 11) is 0. The molecule has 1 saturated heterocycles. The summed E-state index contributed by atoms with van der Waals surface area (Å²) in [5, 5.41) is 2.79. The van der Waals surface area contributed by atoms with Crippen LogP contribution in [0.2, 0.25) is 0 Å². The lowest BCUT2D eigenvalue weighted by Crippen LogP contribution is -2.37. The zero-order chi connectivity index (χ0) is 17.6. The first-order valence-corrected chi connectivity index (χ1v) is 9.50. The predicted molar refractivity (Wildman–Crippen MR) is 97.4 cm³/mol. The van der Waals surface area contributed by atoms with E-state index in [2.05, 4.69) is 32.1 Å². The number of anilines is 2. The average Bonchev–Trinajstić information content (AvgIpc) is 3.00. The van der Waals surface area contributed by atoms with Crippen LogP contribution in [0.4, 0.5) is 11.8 Å². The molecule has 0 radical (unpaired) electrons. The number of H-pyrrole nitrogens is 1. The van der Waals surface area contributed by atoms with Gasteiger partial charge in [0, 0.05) is 30.3 Å². The van der Waals surface area contributed by atoms with Crippen LogP contribution in [-0.2, 0) is 4.79 Å². The largest absolute Gasteiger partial charge is 0.342 e. The van der Waals surface area contributed by atoms with E-state index >= 15 is 0 Å². The summed E-state index contributed by atoms with van der Waals surface area (Å²) in [6, 6.07) is 0. The van der Waals surface area contributed by atoms with Gasteiger partial charge in [-0.05, 0) is 25.7 Å². The van der Waals surface area contributed by atoms with Crippen LogP contribution in [0.1, 0.15) is 48.2 Å². The van der Waals surface area contributed by atoms with Gasteiger partial charge in [-0.2, -0.15) is 4.98 Å². The van der Waals surface area contributed by atoms with Crippen molar-refractivity contribution >= 4 is 29.0 Å². The van der Waals surface area contributed by atoms with Crippen LogP contribution in [0.3, 0.4) is 0 Å². The van der Waals surface area contributed by atoms with Gasteiger partial charge < -0.3 is 10.2 Å². The molecule has 1 fully saturated rings. The van der Waals surface area contributed by atoms with Gasteiger partial charge in [0.2, 0.25) is 11.9 Å². The number of nitrogens with zero attached hydrogens (tertiary/aromatic N) is 3. The lowest BCUT2D eigenvalue weighted by Gasteiger charge is -2.32. The number of aromatic amines is 1. The molecule has 2 aliphatic rings. The van der Waals surface area contributed by atoms with Crippen LogP contribution in [-0.4, -0.2) is 33.9 Å². The molecule has 2 N–H and O–H groups in total. The molecule has 132 valence electrons. The Bertz CT molecular complexity index is 866. The lowest BCUT2D eigenvalue weighted by atomic mass is 9.91. The molecular formula is C17H21N5O2S.